The first-order chi connectivity index (χ1) is 11.0. The van der Waals surface area contributed by atoms with Crippen LogP contribution in [-0.2, 0) is 4.79 Å². The third kappa shape index (κ3) is 4.60. The summed E-state index contributed by atoms with van der Waals surface area (Å²) in [7, 11) is 0. The van der Waals surface area contributed by atoms with Crippen LogP contribution in [0.2, 0.25) is 0 Å². The van der Waals surface area contributed by atoms with E-state index in [4.69, 9.17) is 0 Å². The Kier molecular flexibility index (Phi) is 4.98. The molecule has 1 aromatic heterocycles. The van der Waals surface area contributed by atoms with Gasteiger partial charge >= 0.3 is 0 Å². The highest BCUT2D eigenvalue weighted by Gasteiger charge is 2.12. The van der Waals surface area contributed by atoms with Crippen molar-refractivity contribution in [3.63, 3.8) is 0 Å². The minimum atomic E-state index is -0.590. The normalized spacial score (nSPS) is 9.96. The number of aryl methyl sites for hydroxylation is 1. The van der Waals surface area contributed by atoms with E-state index in [2.05, 4.69) is 15.6 Å². The smallest absolute Gasteiger partial charge is 0.270 e. The average molecular weight is 314 g/mol. The average Bonchev–Trinajstić information content (AvgIpc) is 2.52. The predicted octanol–water partition coefficient (Wildman–Crippen LogP) is 1.67. The number of benzene rings is 1. The van der Waals surface area contributed by atoms with Gasteiger partial charge in [0.05, 0.1) is 11.5 Å². The first kappa shape index (κ1) is 16.1. The van der Waals surface area contributed by atoms with Crippen LogP contribution in [0.1, 0.15) is 16.1 Å². The number of carbonyl (C=O) groups excluding carboxylic acids is 2. The lowest BCUT2D eigenvalue weighted by Crippen LogP contribution is -2.33. The molecule has 1 heterocycles. The topological polar surface area (TPSA) is 114 Å². The van der Waals surface area contributed by atoms with Gasteiger partial charge in [0.1, 0.15) is 5.82 Å². The van der Waals surface area contributed by atoms with Gasteiger partial charge < -0.3 is 10.6 Å². The first-order valence-corrected chi connectivity index (χ1v) is 6.72. The van der Waals surface area contributed by atoms with Crippen LogP contribution in [0.3, 0.4) is 0 Å². The van der Waals surface area contributed by atoms with Gasteiger partial charge in [-0.2, -0.15) is 0 Å². The Bertz CT molecular complexity index is 761. The van der Waals surface area contributed by atoms with Gasteiger partial charge in [-0.1, -0.05) is 12.1 Å². The maximum atomic E-state index is 11.9. The van der Waals surface area contributed by atoms with E-state index in [9.17, 15) is 19.7 Å². The zero-order valence-electron chi connectivity index (χ0n) is 12.3. The Balaban J connectivity index is 1.92. The summed E-state index contributed by atoms with van der Waals surface area (Å²) in [5, 5.41) is 15.6. The van der Waals surface area contributed by atoms with E-state index < -0.39 is 16.7 Å². The number of hydrogen-bond donors (Lipinski definition) is 2. The highest BCUT2D eigenvalue weighted by Crippen LogP contribution is 2.12. The lowest BCUT2D eigenvalue weighted by Gasteiger charge is -2.07. The third-order valence-electron chi connectivity index (χ3n) is 2.88. The number of anilines is 1. The fourth-order valence-corrected chi connectivity index (χ4v) is 1.82. The van der Waals surface area contributed by atoms with Gasteiger partial charge in [-0.3, -0.25) is 19.7 Å². The highest BCUT2D eigenvalue weighted by atomic mass is 16.6. The SMILES string of the molecule is Cc1cccc(NC(=O)CNC(=O)c2cccc([N+](=O)[O-])c2)n1. The van der Waals surface area contributed by atoms with Crippen molar-refractivity contribution >= 4 is 23.3 Å². The number of pyridine rings is 1. The molecule has 2 N–H and O–H groups in total. The maximum Gasteiger partial charge on any atom is 0.270 e. The van der Waals surface area contributed by atoms with Crippen LogP contribution in [0.5, 0.6) is 0 Å². The summed E-state index contributed by atoms with van der Waals surface area (Å²) in [6, 6.07) is 10.4. The molecule has 8 nitrogen and oxygen atoms in total. The Hall–Kier alpha value is -3.29. The summed E-state index contributed by atoms with van der Waals surface area (Å²) in [4.78, 5) is 37.9. The number of amides is 2. The quantitative estimate of drug-likeness (QED) is 0.643. The zero-order valence-corrected chi connectivity index (χ0v) is 12.3. The molecule has 0 atom stereocenters. The monoisotopic (exact) mass is 314 g/mol. The third-order valence-corrected chi connectivity index (χ3v) is 2.88. The molecule has 1 aromatic carbocycles. The molecule has 118 valence electrons. The molecule has 0 radical (unpaired) electrons. The molecular formula is C15H14N4O4. The largest absolute Gasteiger partial charge is 0.343 e. The van der Waals surface area contributed by atoms with Gasteiger partial charge in [0.15, 0.2) is 0 Å². The number of nitrogens with zero attached hydrogens (tertiary/aromatic N) is 2. The lowest BCUT2D eigenvalue weighted by molar-refractivity contribution is -0.384. The van der Waals surface area contributed by atoms with Gasteiger partial charge in [-0.15, -0.1) is 0 Å². The van der Waals surface area contributed by atoms with Crippen LogP contribution >= 0.6 is 0 Å². The molecule has 0 aliphatic heterocycles. The molecule has 0 saturated heterocycles. The number of nitrogens with one attached hydrogen (secondary N) is 2. The predicted molar refractivity (Wildman–Crippen MR) is 83.0 cm³/mol. The second kappa shape index (κ2) is 7.12. The van der Waals surface area contributed by atoms with Crippen molar-refractivity contribution in [2.75, 3.05) is 11.9 Å². The van der Waals surface area contributed by atoms with Crippen LogP contribution in [0.25, 0.3) is 0 Å². The van der Waals surface area contributed by atoms with E-state index in [1.807, 2.05) is 0 Å². The van der Waals surface area contributed by atoms with Crippen molar-refractivity contribution in [2.45, 2.75) is 6.92 Å². The summed E-state index contributed by atoms with van der Waals surface area (Å²) >= 11 is 0. The number of hydrogen-bond acceptors (Lipinski definition) is 5. The van der Waals surface area contributed by atoms with E-state index in [0.717, 1.165) is 11.8 Å². The van der Waals surface area contributed by atoms with Gasteiger partial charge in [-0.05, 0) is 25.1 Å². The van der Waals surface area contributed by atoms with Crippen molar-refractivity contribution in [1.82, 2.24) is 10.3 Å². The van der Waals surface area contributed by atoms with E-state index in [0.29, 0.717) is 5.82 Å². The van der Waals surface area contributed by atoms with Crippen LogP contribution in [0.15, 0.2) is 42.5 Å². The standard InChI is InChI=1S/C15H14N4O4/c1-10-4-2-7-13(17-10)18-14(20)9-16-15(21)11-5-3-6-12(8-11)19(22)23/h2-8H,9H2,1H3,(H,16,21)(H,17,18,20). The number of carbonyl (C=O) groups is 2. The highest BCUT2D eigenvalue weighted by molar-refractivity contribution is 5.99. The molecule has 2 rings (SSSR count). The molecule has 2 aromatic rings. The second-order valence-corrected chi connectivity index (χ2v) is 4.70. The summed E-state index contributed by atoms with van der Waals surface area (Å²) in [6.45, 7) is 1.52. The fraction of sp³-hybridized carbons (Fsp3) is 0.133. The van der Waals surface area contributed by atoms with E-state index >= 15 is 0 Å². The minimum absolute atomic E-state index is 0.112. The molecule has 8 heteroatoms. The van der Waals surface area contributed by atoms with Gasteiger partial charge in [0.2, 0.25) is 5.91 Å². The summed E-state index contributed by atoms with van der Waals surface area (Å²) in [6.07, 6.45) is 0. The van der Waals surface area contributed by atoms with E-state index in [1.54, 1.807) is 25.1 Å². The van der Waals surface area contributed by atoms with Crippen molar-refractivity contribution in [3.05, 3.63) is 63.8 Å². The zero-order chi connectivity index (χ0) is 16.8. The number of aromatic nitrogens is 1. The van der Waals surface area contributed by atoms with Crippen LogP contribution < -0.4 is 10.6 Å². The Morgan fingerprint density at radius 2 is 1.96 bits per heavy atom. The van der Waals surface area contributed by atoms with Crippen molar-refractivity contribution in [1.29, 1.82) is 0 Å². The summed E-state index contributed by atoms with van der Waals surface area (Å²) < 4.78 is 0. The summed E-state index contributed by atoms with van der Waals surface area (Å²) in [5.41, 5.74) is 0.676. The molecule has 0 fully saturated rings. The molecular weight excluding hydrogens is 300 g/mol. The van der Waals surface area contributed by atoms with Crippen LogP contribution in [-0.4, -0.2) is 28.3 Å². The number of nitro groups is 1. The molecule has 0 aliphatic carbocycles. The van der Waals surface area contributed by atoms with Gasteiger partial charge in [0.25, 0.3) is 11.6 Å². The second-order valence-electron chi connectivity index (χ2n) is 4.70. The van der Waals surface area contributed by atoms with E-state index in [-0.39, 0.29) is 17.8 Å². The van der Waals surface area contributed by atoms with Crippen molar-refractivity contribution < 1.29 is 14.5 Å². The van der Waals surface area contributed by atoms with Gasteiger partial charge in [-0.25, -0.2) is 4.98 Å². The number of non-ortho nitro benzene ring substituents is 1. The lowest BCUT2D eigenvalue weighted by atomic mass is 10.2. The molecule has 23 heavy (non-hydrogen) atoms. The Labute approximate surface area is 131 Å². The van der Waals surface area contributed by atoms with Crippen LogP contribution in [0, 0.1) is 17.0 Å². The maximum absolute atomic E-state index is 11.9. The van der Waals surface area contributed by atoms with E-state index in [1.165, 1.54) is 18.2 Å². The Morgan fingerprint density at radius 3 is 2.65 bits per heavy atom. The molecule has 0 bridgehead atoms. The van der Waals surface area contributed by atoms with Gasteiger partial charge in [0, 0.05) is 23.4 Å². The fourth-order valence-electron chi connectivity index (χ4n) is 1.82. The molecule has 0 spiro atoms. The van der Waals surface area contributed by atoms with Crippen molar-refractivity contribution in [3.8, 4) is 0 Å². The molecule has 0 saturated carbocycles. The molecule has 0 unspecified atom stereocenters. The number of rotatable bonds is 5. The number of nitro benzene ring substituents is 1. The Morgan fingerprint density at radius 1 is 1.22 bits per heavy atom. The minimum Gasteiger partial charge on any atom is -0.343 e. The van der Waals surface area contributed by atoms with Crippen molar-refractivity contribution in [2.24, 2.45) is 0 Å². The molecule has 0 aliphatic rings. The molecule has 2 amide bonds. The summed E-state index contributed by atoms with van der Waals surface area (Å²) in [5.74, 6) is -0.623. The van der Waals surface area contributed by atoms with Crippen LogP contribution in [0.4, 0.5) is 11.5 Å². The first-order valence-electron chi connectivity index (χ1n) is 6.72.